The normalized spacial score (nSPS) is 21.9. The van der Waals surface area contributed by atoms with E-state index in [4.69, 9.17) is 24.4 Å². The predicted molar refractivity (Wildman–Crippen MR) is 272 cm³/mol. The molecule has 2 atom stereocenters. The number of pyridine rings is 2. The summed E-state index contributed by atoms with van der Waals surface area (Å²) in [4.78, 5) is 47.7. The smallest absolute Gasteiger partial charge is 0.252 e. The molecule has 71 heavy (non-hydrogen) atoms. The summed E-state index contributed by atoms with van der Waals surface area (Å²) in [5.74, 6) is 0.471. The molecule has 3 saturated carbocycles. The number of nitrogens with one attached hydrogen (secondary N) is 3. The number of benzene rings is 2. The van der Waals surface area contributed by atoms with Crippen LogP contribution in [0.1, 0.15) is 118 Å². The molecule has 4 aliphatic rings. The summed E-state index contributed by atoms with van der Waals surface area (Å²) in [5.41, 5.74) is 4.20. The molecule has 1 aliphatic heterocycles. The second-order valence-corrected chi connectivity index (χ2v) is 23.4. The maximum Gasteiger partial charge on any atom is 0.252 e. The van der Waals surface area contributed by atoms with Crippen LogP contribution < -0.4 is 26.5 Å². The Morgan fingerprint density at radius 3 is 1.89 bits per heavy atom. The third kappa shape index (κ3) is 9.98. The highest BCUT2D eigenvalue weighted by Gasteiger charge is 2.34. The van der Waals surface area contributed by atoms with Crippen LogP contribution in [-0.4, -0.2) is 95.8 Å². The van der Waals surface area contributed by atoms with Gasteiger partial charge in [0, 0.05) is 92.1 Å². The van der Waals surface area contributed by atoms with E-state index in [2.05, 4.69) is 20.3 Å². The lowest BCUT2D eigenvalue weighted by molar-refractivity contribution is 0.0604. The molecule has 10 rings (SSSR count). The summed E-state index contributed by atoms with van der Waals surface area (Å²) >= 11 is 0. The standard InChI is InChI=1S/C51H62N10O8S2/c1-31-25-40(70(64,65)58-35-11-14-38(68-3)15-12-35)16-18-44(31)54-50-52-29-34-10-20-46(62)61(48(34)56-50)37-13-9-33(27-37)42-28-47(63)60(36-7-5-6-8-36)49-43(42)30-53-51(57-49)55-45-19-17-41(26-32(45)2)71(66,67)59-23-21-39(69-4)22-24-59/h10,16-20,25-26,28-30,33,35-39,58H,5-9,11-15,21-24,27H2,1-4H3,(H,52,54,56)(H,53,55,57). The van der Waals surface area contributed by atoms with Gasteiger partial charge in [-0.2, -0.15) is 14.3 Å². The van der Waals surface area contributed by atoms with E-state index >= 15 is 0 Å². The van der Waals surface area contributed by atoms with Crippen molar-refractivity contribution in [3.05, 3.63) is 104 Å². The first kappa shape index (κ1) is 49.0. The minimum Gasteiger partial charge on any atom is -0.381 e. The van der Waals surface area contributed by atoms with Crippen LogP contribution in [0.2, 0.25) is 0 Å². The number of anilines is 4. The van der Waals surface area contributed by atoms with Gasteiger partial charge < -0.3 is 20.1 Å². The zero-order chi connectivity index (χ0) is 49.6. The third-order valence-corrected chi connectivity index (χ3v) is 18.7. The topological polar surface area (TPSA) is 222 Å². The van der Waals surface area contributed by atoms with E-state index in [1.54, 1.807) is 79.7 Å². The highest BCUT2D eigenvalue weighted by molar-refractivity contribution is 7.89. The zero-order valence-corrected chi connectivity index (χ0v) is 42.3. The number of nitrogens with zero attached hydrogens (tertiary/aromatic N) is 7. The first-order valence-electron chi connectivity index (χ1n) is 24.8. The second-order valence-electron chi connectivity index (χ2n) is 19.7. The van der Waals surface area contributed by atoms with Crippen molar-refractivity contribution < 1.29 is 26.3 Å². The molecule has 0 bridgehead atoms. The fourth-order valence-electron chi connectivity index (χ4n) is 11.3. The Morgan fingerprint density at radius 2 is 1.23 bits per heavy atom. The van der Waals surface area contributed by atoms with Crippen molar-refractivity contribution >= 4 is 65.4 Å². The molecule has 4 aromatic heterocycles. The number of methoxy groups -OCH3 is 2. The van der Waals surface area contributed by atoms with E-state index < -0.39 is 20.0 Å². The van der Waals surface area contributed by atoms with Gasteiger partial charge >= 0.3 is 0 Å². The molecular weight excluding hydrogens is 945 g/mol. The number of ether oxygens (including phenoxy) is 2. The quantitative estimate of drug-likeness (QED) is 0.0954. The summed E-state index contributed by atoms with van der Waals surface area (Å²) in [5, 5.41) is 8.04. The van der Waals surface area contributed by atoms with E-state index in [1.165, 1.54) is 10.4 Å². The average molecular weight is 1010 g/mol. The Labute approximate surface area is 413 Å². The lowest BCUT2D eigenvalue weighted by Gasteiger charge is -2.30. The number of aryl methyl sites for hydroxylation is 2. The molecular formula is C51H62N10O8S2. The number of fused-ring (bicyclic) bond motifs is 2. The van der Waals surface area contributed by atoms with Gasteiger partial charge in [-0.1, -0.05) is 12.8 Å². The van der Waals surface area contributed by atoms with Crippen LogP contribution in [0.3, 0.4) is 0 Å². The van der Waals surface area contributed by atoms with Gasteiger partial charge in [-0.25, -0.2) is 31.5 Å². The van der Waals surface area contributed by atoms with Gasteiger partial charge in [0.2, 0.25) is 31.9 Å². The SMILES string of the molecule is COC1CCC(NS(=O)(=O)c2ccc(Nc3ncc4ccc(=O)n(C5CCC(c6cc(=O)n(C7CCCC7)c7nc(Nc8ccc(S(=O)(=O)N9CCC(OC)CC9)cc8C)ncc67)C5)c4n3)c(C)c2)CC1. The fourth-order valence-corrected chi connectivity index (χ4v) is 14.2. The molecule has 3 N–H and O–H groups in total. The first-order chi connectivity index (χ1) is 34.2. The Kier molecular flexibility index (Phi) is 13.9. The van der Waals surface area contributed by atoms with Crippen LogP contribution in [0, 0.1) is 13.8 Å². The molecule has 6 aromatic rings. The third-order valence-electron chi connectivity index (χ3n) is 15.3. The van der Waals surface area contributed by atoms with E-state index in [0.717, 1.165) is 49.5 Å². The van der Waals surface area contributed by atoms with Crippen LogP contribution in [0.25, 0.3) is 22.1 Å². The molecule has 18 nitrogen and oxygen atoms in total. The van der Waals surface area contributed by atoms with Gasteiger partial charge in [0.25, 0.3) is 11.1 Å². The van der Waals surface area contributed by atoms with Gasteiger partial charge in [-0.15, -0.1) is 0 Å². The Bertz CT molecular complexity index is 3330. The lowest BCUT2D eigenvalue weighted by atomic mass is 9.94. The Morgan fingerprint density at radius 1 is 0.620 bits per heavy atom. The fraction of sp³-hybridized carbons (Fsp3) is 0.490. The van der Waals surface area contributed by atoms with E-state index in [-0.39, 0.29) is 63.1 Å². The monoisotopic (exact) mass is 1010 g/mol. The van der Waals surface area contributed by atoms with Gasteiger partial charge in [0.05, 0.1) is 22.0 Å². The average Bonchev–Trinajstić information content (AvgIpc) is 4.09. The van der Waals surface area contributed by atoms with E-state index in [9.17, 15) is 26.4 Å². The van der Waals surface area contributed by atoms with Gasteiger partial charge in [-0.3, -0.25) is 18.7 Å². The van der Waals surface area contributed by atoms with Gasteiger partial charge in [0.1, 0.15) is 11.3 Å². The molecule has 1 saturated heterocycles. The number of hydrogen-bond acceptors (Lipinski definition) is 14. The summed E-state index contributed by atoms with van der Waals surface area (Å²) in [6.45, 7) is 4.47. The molecule has 4 fully saturated rings. The molecule has 20 heteroatoms. The summed E-state index contributed by atoms with van der Waals surface area (Å²) in [6.07, 6.45) is 13.7. The molecule has 5 heterocycles. The van der Waals surface area contributed by atoms with Crippen molar-refractivity contribution in [3.63, 3.8) is 0 Å². The van der Waals surface area contributed by atoms with Crippen LogP contribution in [-0.2, 0) is 29.5 Å². The molecule has 376 valence electrons. The molecule has 2 aromatic carbocycles. The van der Waals surface area contributed by atoms with Crippen LogP contribution >= 0.6 is 0 Å². The summed E-state index contributed by atoms with van der Waals surface area (Å²) in [7, 11) is -4.10. The number of rotatable bonds is 14. The largest absolute Gasteiger partial charge is 0.381 e. The number of aromatic nitrogens is 6. The number of hydrogen-bond donors (Lipinski definition) is 3. The highest BCUT2D eigenvalue weighted by Crippen LogP contribution is 2.44. The van der Waals surface area contributed by atoms with Crippen molar-refractivity contribution in [2.24, 2.45) is 0 Å². The van der Waals surface area contributed by atoms with Crippen LogP contribution in [0.15, 0.2) is 86.4 Å². The number of sulfonamides is 2. The van der Waals surface area contributed by atoms with Crippen molar-refractivity contribution in [2.75, 3.05) is 37.9 Å². The second kappa shape index (κ2) is 20.1. The van der Waals surface area contributed by atoms with Gasteiger partial charge in [0.15, 0.2) is 0 Å². The van der Waals surface area contributed by atoms with Crippen molar-refractivity contribution in [1.82, 2.24) is 38.1 Å². The van der Waals surface area contributed by atoms with Crippen LogP contribution in [0.4, 0.5) is 23.3 Å². The minimum atomic E-state index is -3.75. The van der Waals surface area contributed by atoms with Gasteiger partial charge in [-0.05, 0) is 150 Å². The Hall–Kier alpha value is -5.64. The Balaban J connectivity index is 0.893. The predicted octanol–water partition coefficient (Wildman–Crippen LogP) is 7.66. The van der Waals surface area contributed by atoms with E-state index in [1.807, 2.05) is 18.4 Å². The number of piperidine rings is 1. The molecule has 2 unspecified atom stereocenters. The maximum absolute atomic E-state index is 14.3. The lowest BCUT2D eigenvalue weighted by Crippen LogP contribution is -2.40. The minimum absolute atomic E-state index is 0.00167. The zero-order valence-electron chi connectivity index (χ0n) is 40.6. The molecule has 0 radical (unpaired) electrons. The van der Waals surface area contributed by atoms with E-state index in [0.29, 0.717) is 103 Å². The maximum atomic E-state index is 14.3. The highest BCUT2D eigenvalue weighted by atomic mass is 32.2. The molecule has 0 amide bonds. The first-order valence-corrected chi connectivity index (χ1v) is 27.8. The van der Waals surface area contributed by atoms with Crippen molar-refractivity contribution in [2.45, 2.75) is 143 Å². The summed E-state index contributed by atoms with van der Waals surface area (Å²) < 4.78 is 72.8. The molecule has 0 spiro atoms. The molecule has 3 aliphatic carbocycles. The van der Waals surface area contributed by atoms with Crippen LogP contribution in [0.5, 0.6) is 0 Å². The summed E-state index contributed by atoms with van der Waals surface area (Å²) in [6, 6.07) is 14.5. The van der Waals surface area contributed by atoms with Crippen molar-refractivity contribution in [3.8, 4) is 0 Å². The van der Waals surface area contributed by atoms with Crippen molar-refractivity contribution in [1.29, 1.82) is 0 Å².